The SMILES string of the molecule is CC(C)(C)C(=O)OCC(OC(=O)CCC(=O)O)OC(=O)C(C)(C)C. The predicted molar refractivity (Wildman–Crippen MR) is 82.7 cm³/mol. The summed E-state index contributed by atoms with van der Waals surface area (Å²) < 4.78 is 15.0. The van der Waals surface area contributed by atoms with Crippen molar-refractivity contribution in [1.29, 1.82) is 0 Å². The second kappa shape index (κ2) is 8.65. The number of carbonyl (C=O) groups is 4. The van der Waals surface area contributed by atoms with Gasteiger partial charge in [-0.15, -0.1) is 0 Å². The molecule has 1 atom stereocenters. The van der Waals surface area contributed by atoms with Crippen LogP contribution >= 0.6 is 0 Å². The number of hydrogen-bond acceptors (Lipinski definition) is 7. The molecule has 0 aliphatic heterocycles. The van der Waals surface area contributed by atoms with Gasteiger partial charge in [-0.25, -0.2) is 0 Å². The van der Waals surface area contributed by atoms with E-state index in [4.69, 9.17) is 19.3 Å². The summed E-state index contributed by atoms with van der Waals surface area (Å²) in [6, 6.07) is 0. The van der Waals surface area contributed by atoms with Crippen molar-refractivity contribution in [2.75, 3.05) is 6.61 Å². The fourth-order valence-corrected chi connectivity index (χ4v) is 1.16. The number of carbonyl (C=O) groups excluding carboxylic acids is 3. The molecule has 0 aliphatic carbocycles. The van der Waals surface area contributed by atoms with Gasteiger partial charge in [0.15, 0.2) is 6.61 Å². The van der Waals surface area contributed by atoms with Gasteiger partial charge in [0.2, 0.25) is 0 Å². The Morgan fingerprint density at radius 2 is 1.33 bits per heavy atom. The Morgan fingerprint density at radius 3 is 1.75 bits per heavy atom. The second-order valence-corrected chi connectivity index (χ2v) is 7.32. The van der Waals surface area contributed by atoms with Gasteiger partial charge in [0.1, 0.15) is 0 Å². The van der Waals surface area contributed by atoms with Crippen LogP contribution in [0.3, 0.4) is 0 Å². The minimum atomic E-state index is -1.43. The first kappa shape index (κ1) is 21.9. The standard InChI is InChI=1S/C16H26O8/c1-15(2,3)13(20)22-9-12(24-14(21)16(4,5)6)23-11(19)8-7-10(17)18/h12H,7-9H2,1-6H3,(H,17,18). The van der Waals surface area contributed by atoms with Crippen molar-refractivity contribution in [2.45, 2.75) is 60.7 Å². The van der Waals surface area contributed by atoms with Crippen LogP contribution in [0, 0.1) is 10.8 Å². The Morgan fingerprint density at radius 1 is 0.833 bits per heavy atom. The summed E-state index contributed by atoms with van der Waals surface area (Å²) in [6.45, 7) is 9.30. The lowest BCUT2D eigenvalue weighted by Gasteiger charge is -2.24. The first-order valence-electron chi connectivity index (χ1n) is 7.53. The third kappa shape index (κ3) is 9.12. The van der Waals surface area contributed by atoms with E-state index in [0.29, 0.717) is 0 Å². The Kier molecular flexibility index (Phi) is 7.89. The number of esters is 3. The van der Waals surface area contributed by atoms with E-state index in [1.165, 1.54) is 0 Å². The average Bonchev–Trinajstić information content (AvgIpc) is 2.39. The van der Waals surface area contributed by atoms with E-state index in [-0.39, 0.29) is 6.42 Å². The fourth-order valence-electron chi connectivity index (χ4n) is 1.16. The molecule has 0 heterocycles. The van der Waals surface area contributed by atoms with E-state index < -0.39 is 54.0 Å². The molecule has 0 rings (SSSR count). The monoisotopic (exact) mass is 346 g/mol. The highest BCUT2D eigenvalue weighted by Gasteiger charge is 2.30. The highest BCUT2D eigenvalue weighted by molar-refractivity contribution is 5.78. The van der Waals surface area contributed by atoms with Crippen molar-refractivity contribution >= 4 is 23.9 Å². The van der Waals surface area contributed by atoms with Crippen LogP contribution < -0.4 is 0 Å². The minimum absolute atomic E-state index is 0.383. The molecule has 0 aromatic carbocycles. The highest BCUT2D eigenvalue weighted by Crippen LogP contribution is 2.19. The number of hydrogen-bond donors (Lipinski definition) is 1. The van der Waals surface area contributed by atoms with Gasteiger partial charge >= 0.3 is 23.9 Å². The zero-order valence-corrected chi connectivity index (χ0v) is 15.0. The molecule has 0 aromatic heterocycles. The maximum absolute atomic E-state index is 11.9. The van der Waals surface area contributed by atoms with Gasteiger partial charge in [-0.1, -0.05) is 0 Å². The third-order valence-electron chi connectivity index (χ3n) is 2.62. The largest absolute Gasteiger partial charge is 0.481 e. The predicted octanol–water partition coefficient (Wildman–Crippen LogP) is 1.90. The number of ether oxygens (including phenoxy) is 3. The molecule has 0 aliphatic rings. The molecule has 24 heavy (non-hydrogen) atoms. The molecule has 0 radical (unpaired) electrons. The lowest BCUT2D eigenvalue weighted by atomic mass is 9.97. The summed E-state index contributed by atoms with van der Waals surface area (Å²) in [5, 5.41) is 8.55. The summed E-state index contributed by atoms with van der Waals surface area (Å²) in [6.07, 6.45) is -2.23. The second-order valence-electron chi connectivity index (χ2n) is 7.32. The van der Waals surface area contributed by atoms with E-state index in [0.717, 1.165) is 0 Å². The van der Waals surface area contributed by atoms with Crippen molar-refractivity contribution in [1.82, 2.24) is 0 Å². The van der Waals surface area contributed by atoms with Gasteiger partial charge < -0.3 is 19.3 Å². The number of carboxylic acid groups (broad SMARTS) is 1. The smallest absolute Gasteiger partial charge is 0.314 e. The van der Waals surface area contributed by atoms with Crippen LogP contribution in [0.25, 0.3) is 0 Å². The Hall–Kier alpha value is -2.12. The van der Waals surface area contributed by atoms with E-state index in [9.17, 15) is 19.2 Å². The molecule has 0 amide bonds. The lowest BCUT2D eigenvalue weighted by Crippen LogP contribution is -2.36. The molecule has 8 heteroatoms. The molecule has 0 saturated heterocycles. The van der Waals surface area contributed by atoms with Crippen LogP contribution in [0.1, 0.15) is 54.4 Å². The normalized spacial score (nSPS) is 12.9. The van der Waals surface area contributed by atoms with E-state index in [1.54, 1.807) is 41.5 Å². The van der Waals surface area contributed by atoms with Gasteiger partial charge in [0, 0.05) is 0 Å². The van der Waals surface area contributed by atoms with Crippen LogP contribution in [0.2, 0.25) is 0 Å². The van der Waals surface area contributed by atoms with Crippen LogP contribution in [0.4, 0.5) is 0 Å². The Labute approximate surface area is 141 Å². The van der Waals surface area contributed by atoms with Crippen molar-refractivity contribution in [3.63, 3.8) is 0 Å². The van der Waals surface area contributed by atoms with Gasteiger partial charge in [-0.3, -0.25) is 19.2 Å². The summed E-state index contributed by atoms with van der Waals surface area (Å²) in [4.78, 5) is 45.8. The first-order valence-corrected chi connectivity index (χ1v) is 7.53. The molecule has 8 nitrogen and oxygen atoms in total. The van der Waals surface area contributed by atoms with Gasteiger partial charge in [-0.2, -0.15) is 0 Å². The Balaban J connectivity index is 4.83. The molecule has 138 valence electrons. The molecule has 1 unspecified atom stereocenters. The van der Waals surface area contributed by atoms with E-state index in [1.807, 2.05) is 0 Å². The van der Waals surface area contributed by atoms with Crippen LogP contribution in [-0.2, 0) is 33.4 Å². The minimum Gasteiger partial charge on any atom is -0.481 e. The van der Waals surface area contributed by atoms with Crippen molar-refractivity contribution in [3.05, 3.63) is 0 Å². The molecule has 0 aromatic rings. The van der Waals surface area contributed by atoms with Crippen LogP contribution in [0.15, 0.2) is 0 Å². The molecular formula is C16H26O8. The van der Waals surface area contributed by atoms with E-state index >= 15 is 0 Å². The number of rotatable bonds is 7. The lowest BCUT2D eigenvalue weighted by molar-refractivity contribution is -0.206. The summed E-state index contributed by atoms with van der Waals surface area (Å²) in [7, 11) is 0. The summed E-state index contributed by atoms with van der Waals surface area (Å²) in [5.74, 6) is -3.23. The van der Waals surface area contributed by atoms with Gasteiger partial charge in [-0.05, 0) is 41.5 Å². The quantitative estimate of drug-likeness (QED) is 0.549. The average molecular weight is 346 g/mol. The number of carboxylic acids is 1. The van der Waals surface area contributed by atoms with Gasteiger partial charge in [0.05, 0.1) is 23.7 Å². The van der Waals surface area contributed by atoms with Crippen molar-refractivity contribution in [2.24, 2.45) is 10.8 Å². The van der Waals surface area contributed by atoms with Crippen LogP contribution in [-0.4, -0.2) is 41.9 Å². The van der Waals surface area contributed by atoms with Crippen LogP contribution in [0.5, 0.6) is 0 Å². The third-order valence-corrected chi connectivity index (χ3v) is 2.62. The molecule has 1 N–H and O–H groups in total. The van der Waals surface area contributed by atoms with Crippen molar-refractivity contribution in [3.8, 4) is 0 Å². The topological polar surface area (TPSA) is 116 Å². The highest BCUT2D eigenvalue weighted by atomic mass is 16.7. The number of aliphatic carboxylic acids is 1. The zero-order chi connectivity index (χ0) is 19.1. The first-order chi connectivity index (χ1) is 10.7. The molecule has 0 bridgehead atoms. The summed E-state index contributed by atoms with van der Waals surface area (Å²) >= 11 is 0. The van der Waals surface area contributed by atoms with Crippen molar-refractivity contribution < 1.29 is 38.5 Å². The fraction of sp³-hybridized carbons (Fsp3) is 0.750. The molecule has 0 saturated carbocycles. The molecular weight excluding hydrogens is 320 g/mol. The van der Waals surface area contributed by atoms with Gasteiger partial charge in [0.25, 0.3) is 6.29 Å². The maximum atomic E-state index is 11.9. The maximum Gasteiger partial charge on any atom is 0.314 e. The van der Waals surface area contributed by atoms with E-state index in [2.05, 4.69) is 0 Å². The Bertz CT molecular complexity index is 481. The molecule has 0 spiro atoms. The zero-order valence-electron chi connectivity index (χ0n) is 15.0. The summed E-state index contributed by atoms with van der Waals surface area (Å²) in [5.41, 5.74) is -1.62. The molecule has 0 fully saturated rings.